The van der Waals surface area contributed by atoms with Crippen LogP contribution in [0.2, 0.25) is 10.0 Å². The van der Waals surface area contributed by atoms with Gasteiger partial charge in [-0.1, -0.05) is 46.6 Å². The van der Waals surface area contributed by atoms with Crippen molar-refractivity contribution >= 4 is 63.1 Å². The van der Waals surface area contributed by atoms with Gasteiger partial charge in [-0.2, -0.15) is 0 Å². The quantitative estimate of drug-likeness (QED) is 0.359. The lowest BCUT2D eigenvalue weighted by molar-refractivity contribution is -0.115. The molecule has 0 spiro atoms. The highest BCUT2D eigenvalue weighted by Gasteiger charge is 2.14. The van der Waals surface area contributed by atoms with Gasteiger partial charge in [-0.3, -0.25) is 9.20 Å². The highest BCUT2D eigenvalue weighted by Crippen LogP contribution is 2.30. The topological polar surface area (TPSA) is 59.3 Å². The lowest BCUT2D eigenvalue weighted by atomic mass is 10.0. The molecule has 2 aromatic carbocycles. The van der Waals surface area contributed by atoms with Crippen molar-refractivity contribution in [2.24, 2.45) is 0 Å². The van der Waals surface area contributed by atoms with Gasteiger partial charge in [0.05, 0.1) is 16.2 Å². The fourth-order valence-electron chi connectivity index (χ4n) is 3.55. The predicted molar refractivity (Wildman–Crippen MR) is 125 cm³/mol. The number of amides is 1. The molecule has 1 amide bonds. The summed E-state index contributed by atoms with van der Waals surface area (Å²) in [6.45, 7) is 6.30. The molecule has 0 fully saturated rings. The summed E-state index contributed by atoms with van der Waals surface area (Å²) < 4.78 is 2.08. The van der Waals surface area contributed by atoms with Gasteiger partial charge in [0, 0.05) is 22.6 Å². The van der Waals surface area contributed by atoms with E-state index in [0.717, 1.165) is 16.3 Å². The van der Waals surface area contributed by atoms with Crippen LogP contribution in [0.15, 0.2) is 41.6 Å². The second-order valence-corrected chi connectivity index (χ2v) is 9.16. The number of fused-ring (bicyclic) bond motifs is 3. The minimum atomic E-state index is -0.118. The highest BCUT2D eigenvalue weighted by atomic mass is 35.5. The van der Waals surface area contributed by atoms with E-state index in [0.29, 0.717) is 27.9 Å². The summed E-state index contributed by atoms with van der Waals surface area (Å²) in [6.07, 6.45) is 0.320. The molecule has 0 bridgehead atoms. The minimum absolute atomic E-state index is 0.118. The Bertz CT molecular complexity index is 1290. The number of thioether (sulfide) groups is 1. The van der Waals surface area contributed by atoms with E-state index in [4.69, 9.17) is 23.2 Å². The zero-order valence-electron chi connectivity index (χ0n) is 16.8. The molecule has 2 aromatic heterocycles. The molecule has 0 atom stereocenters. The Balaban J connectivity index is 1.53. The van der Waals surface area contributed by atoms with Gasteiger partial charge in [-0.05, 0) is 62.2 Å². The Morgan fingerprint density at radius 1 is 1.07 bits per heavy atom. The number of carbonyl (C=O) groups is 1. The van der Waals surface area contributed by atoms with E-state index in [9.17, 15) is 4.79 Å². The molecule has 30 heavy (non-hydrogen) atoms. The minimum Gasteiger partial charge on any atom is -0.325 e. The number of nitrogens with one attached hydrogen (secondary N) is 1. The monoisotopic (exact) mass is 458 g/mol. The van der Waals surface area contributed by atoms with Gasteiger partial charge in [0.1, 0.15) is 0 Å². The molecule has 2 heterocycles. The molecular formula is C22H20Cl2N4OS. The van der Waals surface area contributed by atoms with Crippen molar-refractivity contribution in [1.29, 1.82) is 0 Å². The van der Waals surface area contributed by atoms with Gasteiger partial charge in [0.15, 0.2) is 10.8 Å². The Morgan fingerprint density at radius 2 is 1.87 bits per heavy atom. The average Bonchev–Trinajstić information content (AvgIpc) is 3.06. The van der Waals surface area contributed by atoms with Crippen LogP contribution < -0.4 is 5.32 Å². The second-order valence-electron chi connectivity index (χ2n) is 7.25. The zero-order valence-corrected chi connectivity index (χ0v) is 19.1. The first-order valence-corrected chi connectivity index (χ1v) is 11.2. The maximum Gasteiger partial charge on any atom is 0.225 e. The van der Waals surface area contributed by atoms with Crippen molar-refractivity contribution in [3.8, 4) is 0 Å². The van der Waals surface area contributed by atoms with E-state index in [1.165, 1.54) is 33.8 Å². The Morgan fingerprint density at radius 3 is 2.63 bits per heavy atom. The van der Waals surface area contributed by atoms with Gasteiger partial charge in [-0.25, -0.2) is 0 Å². The molecule has 4 rings (SSSR count). The molecule has 5 nitrogen and oxygen atoms in total. The maximum atomic E-state index is 12.3. The Hall–Kier alpha value is -2.28. The SMILES string of the molecule is Cc1cc(C)c2c(c1)c(C)cc1nnc(SCCC(=O)Nc3ccc(Cl)cc3Cl)n12. The zero-order chi connectivity index (χ0) is 21.4. The van der Waals surface area contributed by atoms with Crippen molar-refractivity contribution < 1.29 is 4.79 Å². The van der Waals surface area contributed by atoms with Crippen LogP contribution in [0.4, 0.5) is 5.69 Å². The standard InChI is InChI=1S/C22H20Cl2N4OS/c1-12-8-14(3)21-16(9-12)13(2)10-19-26-27-22(28(19)21)30-7-6-20(29)25-18-5-4-15(23)11-17(18)24/h4-5,8-11H,6-7H2,1-3H3,(H,25,29). The number of halogens is 2. The third kappa shape index (κ3) is 4.13. The molecule has 0 radical (unpaired) electrons. The van der Waals surface area contributed by atoms with Gasteiger partial charge in [0.2, 0.25) is 5.91 Å². The summed E-state index contributed by atoms with van der Waals surface area (Å²) in [6, 6.07) is 11.4. The third-order valence-electron chi connectivity index (χ3n) is 4.86. The van der Waals surface area contributed by atoms with Crippen LogP contribution in [0.1, 0.15) is 23.1 Å². The van der Waals surface area contributed by atoms with Crippen LogP contribution in [-0.4, -0.2) is 26.3 Å². The number of aromatic nitrogens is 3. The lowest BCUT2D eigenvalue weighted by Crippen LogP contribution is -2.12. The number of anilines is 1. The smallest absolute Gasteiger partial charge is 0.225 e. The molecule has 0 aliphatic rings. The van der Waals surface area contributed by atoms with Crippen LogP contribution in [0.5, 0.6) is 0 Å². The number of benzene rings is 2. The van der Waals surface area contributed by atoms with Crippen LogP contribution in [0.3, 0.4) is 0 Å². The fourth-order valence-corrected chi connectivity index (χ4v) is 4.88. The largest absolute Gasteiger partial charge is 0.325 e. The molecule has 8 heteroatoms. The van der Waals surface area contributed by atoms with Gasteiger partial charge < -0.3 is 5.32 Å². The van der Waals surface area contributed by atoms with E-state index >= 15 is 0 Å². The number of rotatable bonds is 5. The molecule has 0 aliphatic carbocycles. The number of aryl methyl sites for hydroxylation is 3. The molecule has 0 unspecified atom stereocenters. The molecule has 0 saturated carbocycles. The van der Waals surface area contributed by atoms with Crippen LogP contribution in [0, 0.1) is 20.8 Å². The van der Waals surface area contributed by atoms with Crippen LogP contribution in [-0.2, 0) is 4.79 Å². The van der Waals surface area contributed by atoms with Crippen LogP contribution >= 0.6 is 35.0 Å². The molecule has 1 N–H and O–H groups in total. The number of nitrogens with zero attached hydrogens (tertiary/aromatic N) is 3. The first-order valence-electron chi connectivity index (χ1n) is 9.47. The average molecular weight is 459 g/mol. The van der Waals surface area contributed by atoms with Crippen molar-refractivity contribution in [3.63, 3.8) is 0 Å². The second kappa shape index (κ2) is 8.46. The molecule has 4 aromatic rings. The highest BCUT2D eigenvalue weighted by molar-refractivity contribution is 7.99. The first kappa shape index (κ1) is 21.0. The Labute approximate surface area is 188 Å². The van der Waals surface area contributed by atoms with Crippen molar-refractivity contribution in [1.82, 2.24) is 14.6 Å². The number of pyridine rings is 1. The number of hydrogen-bond acceptors (Lipinski definition) is 4. The van der Waals surface area contributed by atoms with Crippen LogP contribution in [0.25, 0.3) is 16.6 Å². The molecular weight excluding hydrogens is 439 g/mol. The van der Waals surface area contributed by atoms with Crippen molar-refractivity contribution in [3.05, 3.63) is 63.1 Å². The Kier molecular flexibility index (Phi) is 5.91. The van der Waals surface area contributed by atoms with Gasteiger partial charge in [0.25, 0.3) is 0 Å². The normalized spacial score (nSPS) is 11.4. The fraction of sp³-hybridized carbons (Fsp3) is 0.227. The number of carbonyl (C=O) groups excluding carboxylic acids is 1. The summed E-state index contributed by atoms with van der Waals surface area (Å²) in [5, 5.41) is 14.4. The van der Waals surface area contributed by atoms with Gasteiger partial charge in [-0.15, -0.1) is 10.2 Å². The molecule has 154 valence electrons. The number of hydrogen-bond donors (Lipinski definition) is 1. The first-order chi connectivity index (χ1) is 14.3. The van der Waals surface area contributed by atoms with E-state index in [1.807, 2.05) is 6.07 Å². The lowest BCUT2D eigenvalue weighted by Gasteiger charge is -2.11. The van der Waals surface area contributed by atoms with E-state index in [2.05, 4.69) is 52.8 Å². The summed E-state index contributed by atoms with van der Waals surface area (Å²) in [7, 11) is 0. The molecule has 0 saturated heterocycles. The van der Waals surface area contributed by atoms with E-state index < -0.39 is 0 Å². The van der Waals surface area contributed by atoms with Crippen molar-refractivity contribution in [2.45, 2.75) is 32.3 Å². The van der Waals surface area contributed by atoms with E-state index in [-0.39, 0.29) is 5.91 Å². The summed E-state index contributed by atoms with van der Waals surface area (Å²) in [4.78, 5) is 12.3. The summed E-state index contributed by atoms with van der Waals surface area (Å²) in [5.74, 6) is 0.450. The summed E-state index contributed by atoms with van der Waals surface area (Å²) >= 11 is 13.5. The molecule has 0 aliphatic heterocycles. The van der Waals surface area contributed by atoms with Gasteiger partial charge >= 0.3 is 0 Å². The summed E-state index contributed by atoms with van der Waals surface area (Å²) in [5.41, 5.74) is 6.05. The van der Waals surface area contributed by atoms with E-state index in [1.54, 1.807) is 18.2 Å². The third-order valence-corrected chi connectivity index (χ3v) is 6.34. The predicted octanol–water partition coefficient (Wildman–Crippen LogP) is 6.24. The van der Waals surface area contributed by atoms with Crippen molar-refractivity contribution in [2.75, 3.05) is 11.1 Å². The maximum absolute atomic E-state index is 12.3.